The van der Waals surface area contributed by atoms with Gasteiger partial charge in [-0.1, -0.05) is 0 Å². The third-order valence-electron chi connectivity index (χ3n) is 3.02. The summed E-state index contributed by atoms with van der Waals surface area (Å²) in [6, 6.07) is 3.62. The number of rotatable bonds is 3. The highest BCUT2D eigenvalue weighted by atomic mass is 79.9. The lowest BCUT2D eigenvalue weighted by Crippen LogP contribution is -2.02. The van der Waals surface area contributed by atoms with Gasteiger partial charge in [0.25, 0.3) is 0 Å². The van der Waals surface area contributed by atoms with Crippen LogP contribution in [-0.2, 0) is 4.74 Å². The highest BCUT2D eigenvalue weighted by Gasteiger charge is 2.16. The van der Waals surface area contributed by atoms with Crippen LogP contribution in [0.4, 0.5) is 0 Å². The molecule has 0 saturated carbocycles. The number of methoxy groups -OCH3 is 1. The van der Waals surface area contributed by atoms with Crippen molar-refractivity contribution in [3.8, 4) is 0 Å². The van der Waals surface area contributed by atoms with Crippen LogP contribution < -0.4 is 0 Å². The smallest absolute Gasteiger partial charge is 0.337 e. The number of hydrogen-bond acceptors (Lipinski definition) is 3. The molecule has 1 aromatic heterocycles. The van der Waals surface area contributed by atoms with Crippen LogP contribution >= 0.6 is 15.9 Å². The van der Waals surface area contributed by atoms with Gasteiger partial charge in [-0.3, -0.25) is 4.79 Å². The molecule has 1 aromatic carbocycles. The molecule has 0 spiro atoms. The quantitative estimate of drug-likeness (QED) is 0.640. The molecule has 2 rings (SSSR count). The van der Waals surface area contributed by atoms with E-state index >= 15 is 0 Å². The zero-order chi connectivity index (χ0) is 14.2. The predicted octanol–water partition coefficient (Wildman–Crippen LogP) is 3.58. The van der Waals surface area contributed by atoms with E-state index in [0.717, 1.165) is 21.7 Å². The van der Waals surface area contributed by atoms with Gasteiger partial charge in [0.15, 0.2) is 6.29 Å². The maximum Gasteiger partial charge on any atom is 0.337 e. The lowest BCUT2D eigenvalue weighted by Gasteiger charge is -2.11. The molecule has 0 saturated heterocycles. The van der Waals surface area contributed by atoms with Gasteiger partial charge in [-0.2, -0.15) is 0 Å². The van der Waals surface area contributed by atoms with Gasteiger partial charge in [-0.05, 0) is 41.9 Å². The summed E-state index contributed by atoms with van der Waals surface area (Å²) in [5.41, 5.74) is 1.89. The van der Waals surface area contributed by atoms with E-state index in [1.54, 1.807) is 18.3 Å². The summed E-state index contributed by atoms with van der Waals surface area (Å²) in [5, 5.41) is 0.749. The van der Waals surface area contributed by atoms with Crippen LogP contribution in [0.25, 0.3) is 10.9 Å². The van der Waals surface area contributed by atoms with Crippen molar-refractivity contribution in [1.82, 2.24) is 4.57 Å². The van der Waals surface area contributed by atoms with Crippen LogP contribution in [0, 0.1) is 0 Å². The van der Waals surface area contributed by atoms with Gasteiger partial charge in [0.2, 0.25) is 0 Å². The van der Waals surface area contributed by atoms with Gasteiger partial charge in [-0.25, -0.2) is 4.79 Å². The van der Waals surface area contributed by atoms with Gasteiger partial charge < -0.3 is 9.30 Å². The van der Waals surface area contributed by atoms with Crippen molar-refractivity contribution >= 4 is 39.1 Å². The first-order valence-corrected chi connectivity index (χ1v) is 6.66. The summed E-state index contributed by atoms with van der Waals surface area (Å²) in [6.07, 6.45) is 2.60. The average Bonchev–Trinajstić information content (AvgIpc) is 2.77. The van der Waals surface area contributed by atoms with E-state index < -0.39 is 5.97 Å². The molecule has 5 heteroatoms. The second-order valence-corrected chi connectivity index (χ2v) is 5.40. The van der Waals surface area contributed by atoms with Gasteiger partial charge in [0.05, 0.1) is 18.2 Å². The Morgan fingerprint density at radius 1 is 1.42 bits per heavy atom. The van der Waals surface area contributed by atoms with E-state index in [-0.39, 0.29) is 6.04 Å². The Labute approximate surface area is 119 Å². The summed E-state index contributed by atoms with van der Waals surface area (Å²) in [4.78, 5) is 22.8. The minimum atomic E-state index is -0.420. The van der Waals surface area contributed by atoms with Crippen LogP contribution in [0.15, 0.2) is 22.8 Å². The molecule has 0 atom stereocenters. The van der Waals surface area contributed by atoms with Crippen molar-refractivity contribution in [2.45, 2.75) is 19.9 Å². The fourth-order valence-electron chi connectivity index (χ4n) is 2.10. The fraction of sp³-hybridized carbons (Fsp3) is 0.286. The molecule has 0 N–H and O–H groups in total. The summed E-state index contributed by atoms with van der Waals surface area (Å²) in [7, 11) is 1.33. The zero-order valence-electron chi connectivity index (χ0n) is 10.9. The number of carbonyl (C=O) groups excluding carboxylic acids is 2. The van der Waals surface area contributed by atoms with Crippen molar-refractivity contribution in [3.05, 3.63) is 33.9 Å². The minimum absolute atomic E-state index is 0.219. The predicted molar refractivity (Wildman–Crippen MR) is 76.8 cm³/mol. The van der Waals surface area contributed by atoms with Crippen molar-refractivity contribution in [2.75, 3.05) is 7.11 Å². The molecule has 100 valence electrons. The molecule has 0 unspecified atom stereocenters. The van der Waals surface area contributed by atoms with Gasteiger partial charge >= 0.3 is 5.97 Å². The number of benzene rings is 1. The van der Waals surface area contributed by atoms with Crippen molar-refractivity contribution in [1.29, 1.82) is 0 Å². The number of esters is 1. The monoisotopic (exact) mass is 323 g/mol. The lowest BCUT2D eigenvalue weighted by atomic mass is 10.1. The molecule has 4 nitrogen and oxygen atoms in total. The highest BCUT2D eigenvalue weighted by Crippen LogP contribution is 2.31. The maximum atomic E-state index is 11.6. The van der Waals surface area contributed by atoms with Crippen LogP contribution in [0.5, 0.6) is 0 Å². The Balaban J connectivity index is 2.80. The largest absolute Gasteiger partial charge is 0.465 e. The Hall–Kier alpha value is -1.62. The number of halogens is 1. The number of aldehydes is 1. The molecule has 2 aromatic rings. The topological polar surface area (TPSA) is 48.3 Å². The first-order valence-electron chi connectivity index (χ1n) is 5.87. The lowest BCUT2D eigenvalue weighted by molar-refractivity contribution is 0.0600. The van der Waals surface area contributed by atoms with E-state index in [2.05, 4.69) is 15.9 Å². The number of fused-ring (bicyclic) bond motifs is 1. The van der Waals surface area contributed by atoms with Crippen LogP contribution in [0.2, 0.25) is 0 Å². The fourth-order valence-corrected chi connectivity index (χ4v) is 2.77. The normalized spacial score (nSPS) is 11.0. The van der Waals surface area contributed by atoms with Crippen molar-refractivity contribution in [2.24, 2.45) is 0 Å². The molecular formula is C14H14BrNO3. The zero-order valence-corrected chi connectivity index (χ0v) is 12.5. The SMILES string of the molecule is COC(=O)c1cc(Br)c2c(c1)c(C=O)cn2C(C)C. The Kier molecular flexibility index (Phi) is 3.75. The molecule has 0 bridgehead atoms. The summed E-state index contributed by atoms with van der Waals surface area (Å²) >= 11 is 3.46. The first-order chi connectivity index (χ1) is 8.99. The molecule has 1 heterocycles. The van der Waals surface area contributed by atoms with Gasteiger partial charge in [-0.15, -0.1) is 0 Å². The van der Waals surface area contributed by atoms with Gasteiger partial charge in [0.1, 0.15) is 0 Å². The molecular weight excluding hydrogens is 310 g/mol. The second-order valence-electron chi connectivity index (χ2n) is 4.55. The molecule has 0 radical (unpaired) electrons. The summed E-state index contributed by atoms with van der Waals surface area (Å²) in [6.45, 7) is 4.07. The van der Waals surface area contributed by atoms with Gasteiger partial charge in [0, 0.05) is 27.7 Å². The van der Waals surface area contributed by atoms with E-state index in [4.69, 9.17) is 4.74 Å². The van der Waals surface area contributed by atoms with Crippen molar-refractivity contribution in [3.63, 3.8) is 0 Å². The summed E-state index contributed by atoms with van der Waals surface area (Å²) < 4.78 is 7.49. The Morgan fingerprint density at radius 2 is 2.11 bits per heavy atom. The van der Waals surface area contributed by atoms with Crippen LogP contribution in [0.1, 0.15) is 40.6 Å². The third-order valence-corrected chi connectivity index (χ3v) is 3.62. The van der Waals surface area contributed by atoms with E-state index in [1.165, 1.54) is 7.11 Å². The third kappa shape index (κ3) is 2.30. The molecule has 0 fully saturated rings. The van der Waals surface area contributed by atoms with Crippen LogP contribution in [0.3, 0.4) is 0 Å². The second kappa shape index (κ2) is 5.17. The van der Waals surface area contributed by atoms with Crippen molar-refractivity contribution < 1.29 is 14.3 Å². The minimum Gasteiger partial charge on any atom is -0.465 e. The van der Waals surface area contributed by atoms with Crippen LogP contribution in [-0.4, -0.2) is 23.9 Å². The molecule has 0 aliphatic carbocycles. The number of ether oxygens (including phenoxy) is 1. The Bertz CT molecular complexity index is 658. The number of carbonyl (C=O) groups is 2. The van der Waals surface area contributed by atoms with E-state index in [1.807, 2.05) is 18.4 Å². The number of hydrogen-bond donors (Lipinski definition) is 0. The maximum absolute atomic E-state index is 11.6. The molecule has 0 aliphatic rings. The molecule has 19 heavy (non-hydrogen) atoms. The van der Waals surface area contributed by atoms with E-state index in [0.29, 0.717) is 11.1 Å². The number of aromatic nitrogens is 1. The molecule has 0 aliphatic heterocycles. The molecule has 0 amide bonds. The standard InChI is InChI=1S/C14H14BrNO3/c1-8(2)16-6-10(7-17)11-4-9(14(18)19-3)5-12(15)13(11)16/h4-8H,1-3H3. The summed E-state index contributed by atoms with van der Waals surface area (Å²) in [5.74, 6) is -0.420. The number of nitrogens with zero attached hydrogens (tertiary/aromatic N) is 1. The average molecular weight is 324 g/mol. The van der Waals surface area contributed by atoms with E-state index in [9.17, 15) is 9.59 Å². The Morgan fingerprint density at radius 3 is 2.63 bits per heavy atom. The first kappa shape index (κ1) is 13.8. The highest BCUT2D eigenvalue weighted by molar-refractivity contribution is 9.10.